The van der Waals surface area contributed by atoms with E-state index < -0.39 is 15.4 Å². The molecule has 7 nitrogen and oxygen atoms in total. The molecule has 2 aliphatic heterocycles. The van der Waals surface area contributed by atoms with E-state index in [2.05, 4.69) is 27.2 Å². The molecule has 0 unspecified atom stereocenters. The summed E-state index contributed by atoms with van der Waals surface area (Å²) >= 11 is 0. The topological polar surface area (TPSA) is 82.6 Å². The number of rotatable bonds is 8. The molecule has 9 heteroatoms. The molecule has 3 aromatic carbocycles. The van der Waals surface area contributed by atoms with Gasteiger partial charge in [0.05, 0.1) is 27.2 Å². The summed E-state index contributed by atoms with van der Waals surface area (Å²) in [5.41, 5.74) is 4.67. The Labute approximate surface area is 267 Å². The Morgan fingerprint density at radius 1 is 0.956 bits per heavy atom. The Morgan fingerprint density at radius 3 is 2.36 bits per heavy atom. The Kier molecular flexibility index (Phi) is 8.04. The molecule has 0 bridgehead atoms. The molecule has 2 saturated heterocycles. The van der Waals surface area contributed by atoms with Crippen LogP contribution in [-0.4, -0.2) is 75.4 Å². The molecule has 3 heterocycles. The van der Waals surface area contributed by atoms with Crippen LogP contribution in [0.15, 0.2) is 77.7 Å². The quantitative estimate of drug-likeness (QED) is 0.292. The number of piperidine rings is 1. The predicted molar refractivity (Wildman–Crippen MR) is 180 cm³/mol. The van der Waals surface area contributed by atoms with E-state index in [-0.39, 0.29) is 10.8 Å². The number of fused-ring (bicyclic) bond motifs is 1. The van der Waals surface area contributed by atoms with Crippen molar-refractivity contribution in [3.63, 3.8) is 0 Å². The van der Waals surface area contributed by atoms with Gasteiger partial charge in [0.1, 0.15) is 7.85 Å². The summed E-state index contributed by atoms with van der Waals surface area (Å²) in [7, 11) is 2.73. The number of nitrogens with zero attached hydrogens (tertiary/aromatic N) is 3. The highest BCUT2D eigenvalue weighted by molar-refractivity contribution is 7.90. The molecular weight excluding hydrogens is 579 g/mol. The molecule has 1 saturated carbocycles. The number of benzene rings is 3. The van der Waals surface area contributed by atoms with Gasteiger partial charge in [-0.05, 0) is 94.0 Å². The van der Waals surface area contributed by atoms with Crippen LogP contribution in [0, 0.1) is 0 Å². The monoisotopic (exact) mass is 618 g/mol. The van der Waals surface area contributed by atoms with Crippen molar-refractivity contribution in [2.45, 2.75) is 61.5 Å². The number of amides is 1. The van der Waals surface area contributed by atoms with E-state index in [9.17, 15) is 13.2 Å². The molecule has 7 rings (SSSR count). The zero-order chi connectivity index (χ0) is 31.2. The molecule has 0 spiro atoms. The highest BCUT2D eigenvalue weighted by atomic mass is 32.2. The lowest BCUT2D eigenvalue weighted by Crippen LogP contribution is -2.43. The first-order chi connectivity index (χ1) is 21.7. The largest absolute Gasteiger partial charge is 0.342 e. The molecule has 2 radical (unpaired) electrons. The Morgan fingerprint density at radius 2 is 1.69 bits per heavy atom. The zero-order valence-electron chi connectivity index (χ0n) is 25.8. The van der Waals surface area contributed by atoms with E-state index in [1.165, 1.54) is 32.2 Å². The van der Waals surface area contributed by atoms with Crippen molar-refractivity contribution < 1.29 is 13.2 Å². The van der Waals surface area contributed by atoms with Gasteiger partial charge in [-0.1, -0.05) is 60.1 Å². The van der Waals surface area contributed by atoms with Crippen molar-refractivity contribution in [2.24, 2.45) is 0 Å². The van der Waals surface area contributed by atoms with Crippen LogP contribution in [0.5, 0.6) is 0 Å². The summed E-state index contributed by atoms with van der Waals surface area (Å²) < 4.78 is 25.4. The smallest absolute Gasteiger partial charge is 0.253 e. The minimum absolute atomic E-state index is 0.170. The first kappa shape index (κ1) is 30.1. The summed E-state index contributed by atoms with van der Waals surface area (Å²) in [4.78, 5) is 25.0. The van der Waals surface area contributed by atoms with Gasteiger partial charge in [-0.2, -0.15) is 0 Å². The summed E-state index contributed by atoms with van der Waals surface area (Å²) in [6.45, 7) is 4.76. The fraction of sp³-hybridized carbons (Fsp3) is 0.389. The van der Waals surface area contributed by atoms with E-state index in [4.69, 9.17) is 12.8 Å². The first-order valence-electron chi connectivity index (χ1n) is 16.1. The van der Waals surface area contributed by atoms with Crippen LogP contribution in [-0.2, 0) is 21.9 Å². The van der Waals surface area contributed by atoms with Crippen molar-refractivity contribution in [1.82, 2.24) is 20.1 Å². The summed E-state index contributed by atoms with van der Waals surface area (Å²) in [5, 5.41) is 3.95. The average molecular weight is 619 g/mol. The molecule has 230 valence electrons. The molecule has 4 aromatic rings. The van der Waals surface area contributed by atoms with Crippen LogP contribution < -0.4 is 10.8 Å². The van der Waals surface area contributed by atoms with Crippen molar-refractivity contribution >= 4 is 40.0 Å². The molecule has 3 fully saturated rings. The van der Waals surface area contributed by atoms with Gasteiger partial charge in [0.15, 0.2) is 9.84 Å². The highest BCUT2D eigenvalue weighted by Gasteiger charge is 2.46. The number of nitrogens with one attached hydrogen (secondary N) is 1. The summed E-state index contributed by atoms with van der Waals surface area (Å²) in [5.74, 6) is -0.207. The normalized spacial score (nSPS) is 19.1. The first-order valence-corrected chi connectivity index (χ1v) is 18.0. The Hall–Kier alpha value is -3.53. The van der Waals surface area contributed by atoms with Gasteiger partial charge in [-0.3, -0.25) is 9.69 Å². The lowest BCUT2D eigenvalue weighted by molar-refractivity contribution is 0.0927. The van der Waals surface area contributed by atoms with E-state index >= 15 is 0 Å². The van der Waals surface area contributed by atoms with E-state index in [0.29, 0.717) is 40.2 Å². The summed E-state index contributed by atoms with van der Waals surface area (Å²) in [6, 6.07) is 23.2. The van der Waals surface area contributed by atoms with Crippen LogP contribution in [0.2, 0.25) is 0 Å². The van der Waals surface area contributed by atoms with Gasteiger partial charge < -0.3 is 10.2 Å². The Balaban J connectivity index is 1.35. The van der Waals surface area contributed by atoms with E-state index in [1.807, 2.05) is 42.5 Å². The molecule has 1 amide bonds. The van der Waals surface area contributed by atoms with Crippen LogP contribution in [0.4, 0.5) is 0 Å². The third-order valence-electron chi connectivity index (χ3n) is 9.90. The van der Waals surface area contributed by atoms with Crippen molar-refractivity contribution in [1.29, 1.82) is 0 Å². The number of carbonyl (C=O) groups is 1. The number of sulfone groups is 1. The maximum absolute atomic E-state index is 14.6. The minimum atomic E-state index is -3.52. The third-order valence-corrected chi connectivity index (χ3v) is 11.0. The fourth-order valence-corrected chi connectivity index (χ4v) is 7.92. The zero-order valence-corrected chi connectivity index (χ0v) is 26.7. The number of hydrogen-bond acceptors (Lipinski definition) is 6. The second-order valence-corrected chi connectivity index (χ2v) is 15.1. The number of likely N-dealkylation sites (tertiary alicyclic amines) is 2. The van der Waals surface area contributed by atoms with Crippen molar-refractivity contribution in [3.8, 4) is 11.3 Å². The molecule has 1 N–H and O–H groups in total. The number of carbonyl (C=O) groups excluding carboxylic acids is 1. The molecule has 1 aromatic heterocycles. The van der Waals surface area contributed by atoms with Crippen LogP contribution in [0.25, 0.3) is 22.2 Å². The second-order valence-electron chi connectivity index (χ2n) is 13.0. The molecule has 45 heavy (non-hydrogen) atoms. The fourth-order valence-electron chi connectivity index (χ4n) is 7.27. The van der Waals surface area contributed by atoms with Crippen LogP contribution in [0.3, 0.4) is 0 Å². The van der Waals surface area contributed by atoms with Gasteiger partial charge in [0.25, 0.3) is 5.91 Å². The molecule has 3 aliphatic rings. The van der Waals surface area contributed by atoms with Gasteiger partial charge in [0, 0.05) is 29.8 Å². The summed E-state index contributed by atoms with van der Waals surface area (Å²) in [6.07, 6.45) is 7.64. The lowest BCUT2D eigenvalue weighted by Gasteiger charge is -2.37. The molecule has 0 atom stereocenters. The van der Waals surface area contributed by atoms with Gasteiger partial charge in [-0.25, -0.2) is 13.4 Å². The minimum Gasteiger partial charge on any atom is -0.342 e. The van der Waals surface area contributed by atoms with Crippen molar-refractivity contribution in [3.05, 3.63) is 89.5 Å². The van der Waals surface area contributed by atoms with E-state index in [0.717, 1.165) is 55.5 Å². The highest BCUT2D eigenvalue weighted by Crippen LogP contribution is 2.46. The molecule has 1 aliphatic carbocycles. The number of aromatic nitrogens is 1. The Bertz CT molecular complexity index is 1850. The number of hydrogen-bond donors (Lipinski definition) is 1. The van der Waals surface area contributed by atoms with Gasteiger partial charge in [0.2, 0.25) is 0 Å². The standard InChI is InChI=1S/C36H39BN4O3S/c1-45(43,44)29-12-13-32-30(23-29)33(35(42)39-36(16-17-36)26-9-3-2-4-10-26)31(34(38-32)25-8-7-11-27(37)22-25)24-40-20-14-28(15-21-40)41-18-5-6-19-41/h2-4,7-13,22-23,28H,5-6,14-21,24H2,1H3,(H,39,42). The van der Waals surface area contributed by atoms with Gasteiger partial charge >= 0.3 is 0 Å². The third kappa shape index (κ3) is 6.18. The predicted octanol–water partition coefficient (Wildman–Crippen LogP) is 4.58. The number of pyridine rings is 1. The second kappa shape index (κ2) is 12.0. The van der Waals surface area contributed by atoms with Gasteiger partial charge in [-0.15, -0.1) is 0 Å². The van der Waals surface area contributed by atoms with E-state index in [1.54, 1.807) is 18.2 Å². The van der Waals surface area contributed by atoms with Crippen LogP contribution >= 0.6 is 0 Å². The maximum atomic E-state index is 14.6. The average Bonchev–Trinajstić information content (AvgIpc) is 3.60. The van der Waals surface area contributed by atoms with Crippen molar-refractivity contribution in [2.75, 3.05) is 32.4 Å². The van der Waals surface area contributed by atoms with Crippen LogP contribution in [0.1, 0.15) is 60.0 Å². The lowest BCUT2D eigenvalue weighted by atomic mass is 9.90. The maximum Gasteiger partial charge on any atom is 0.253 e. The SMILES string of the molecule is [B]c1cccc(-c2nc3ccc(S(C)(=O)=O)cc3c(C(=O)NC3(c4ccccc4)CC3)c2CN2CCC(N3CCCC3)CC2)c1. The molecular formula is C36H39BN4O3S.